The minimum atomic E-state index is -0.874. The van der Waals surface area contributed by atoms with Crippen LogP contribution in [0.2, 0.25) is 0 Å². The van der Waals surface area contributed by atoms with Crippen LogP contribution < -0.4 is 0 Å². The molecule has 0 saturated carbocycles. The van der Waals surface area contributed by atoms with Crippen LogP contribution in [0.15, 0.2) is 5.38 Å². The van der Waals surface area contributed by atoms with E-state index in [0.29, 0.717) is 13.1 Å². The molecule has 5 nitrogen and oxygen atoms in total. The maximum absolute atomic E-state index is 11.6. The van der Waals surface area contributed by atoms with Crippen LogP contribution in [-0.4, -0.2) is 40.0 Å². The minimum absolute atomic E-state index is 0.0438. The van der Waals surface area contributed by atoms with Gasteiger partial charge in [-0.05, 0) is 13.3 Å². The summed E-state index contributed by atoms with van der Waals surface area (Å²) in [6.45, 7) is 2.94. The molecule has 0 spiro atoms. The van der Waals surface area contributed by atoms with E-state index in [4.69, 9.17) is 5.11 Å². The molecule has 1 atom stereocenters. The first-order chi connectivity index (χ1) is 8.56. The van der Waals surface area contributed by atoms with E-state index in [1.807, 2.05) is 12.3 Å². The summed E-state index contributed by atoms with van der Waals surface area (Å²) < 4.78 is 0. The summed E-state index contributed by atoms with van der Waals surface area (Å²) in [4.78, 5) is 28.4. The third-order valence-electron chi connectivity index (χ3n) is 3.05. The van der Waals surface area contributed by atoms with E-state index < -0.39 is 11.9 Å². The van der Waals surface area contributed by atoms with Gasteiger partial charge in [-0.25, -0.2) is 4.98 Å². The number of hydrogen-bond donors (Lipinski definition) is 1. The van der Waals surface area contributed by atoms with Crippen LogP contribution in [-0.2, 0) is 16.0 Å². The van der Waals surface area contributed by atoms with Gasteiger partial charge >= 0.3 is 5.97 Å². The van der Waals surface area contributed by atoms with Crippen molar-refractivity contribution in [2.24, 2.45) is 5.92 Å². The Labute approximate surface area is 109 Å². The number of carbonyl (C=O) groups is 2. The number of carbonyl (C=O) groups excluding carboxylic acids is 1. The Morgan fingerprint density at radius 3 is 3.00 bits per heavy atom. The van der Waals surface area contributed by atoms with Crippen LogP contribution in [0.25, 0.3) is 0 Å². The number of rotatable bonds is 5. The number of aromatic nitrogens is 1. The van der Waals surface area contributed by atoms with E-state index in [-0.39, 0.29) is 12.3 Å². The van der Waals surface area contributed by atoms with Crippen molar-refractivity contribution in [1.29, 1.82) is 0 Å². The van der Waals surface area contributed by atoms with Gasteiger partial charge in [0.1, 0.15) is 0 Å². The lowest BCUT2D eigenvalue weighted by atomic mass is 10.1. The van der Waals surface area contributed by atoms with Crippen LogP contribution in [0.4, 0.5) is 0 Å². The fourth-order valence-corrected chi connectivity index (χ4v) is 2.91. The van der Waals surface area contributed by atoms with Gasteiger partial charge < -0.3 is 10.0 Å². The Morgan fingerprint density at radius 2 is 2.44 bits per heavy atom. The fourth-order valence-electron chi connectivity index (χ4n) is 2.09. The van der Waals surface area contributed by atoms with Gasteiger partial charge in [0, 0.05) is 37.0 Å². The standard InChI is InChI=1S/C12H16N2O3S/c1-8-7-18-10(13-8)3-2-4-14-6-9(12(16)17)5-11(14)15/h7,9H,2-6H2,1H3,(H,16,17). The molecule has 0 aromatic carbocycles. The summed E-state index contributed by atoms with van der Waals surface area (Å²) in [6.07, 6.45) is 1.83. The largest absolute Gasteiger partial charge is 0.481 e. The quantitative estimate of drug-likeness (QED) is 0.874. The third-order valence-corrected chi connectivity index (χ3v) is 4.08. The number of likely N-dealkylation sites (tertiary alicyclic amines) is 1. The highest BCUT2D eigenvalue weighted by atomic mass is 32.1. The van der Waals surface area contributed by atoms with Gasteiger partial charge in [-0.15, -0.1) is 11.3 Å². The SMILES string of the molecule is Cc1csc(CCCN2CC(C(=O)O)CC2=O)n1. The van der Waals surface area contributed by atoms with Crippen molar-refractivity contribution < 1.29 is 14.7 Å². The molecule has 0 radical (unpaired) electrons. The number of hydrogen-bond acceptors (Lipinski definition) is 4. The highest BCUT2D eigenvalue weighted by molar-refractivity contribution is 7.09. The van der Waals surface area contributed by atoms with Gasteiger partial charge in [0.15, 0.2) is 0 Å². The highest BCUT2D eigenvalue weighted by Crippen LogP contribution is 2.19. The number of amides is 1. The Kier molecular flexibility index (Phi) is 3.96. The maximum Gasteiger partial charge on any atom is 0.308 e. The van der Waals surface area contributed by atoms with Crippen molar-refractivity contribution >= 4 is 23.2 Å². The van der Waals surface area contributed by atoms with Crippen molar-refractivity contribution in [3.8, 4) is 0 Å². The summed E-state index contributed by atoms with van der Waals surface area (Å²) in [7, 11) is 0. The topological polar surface area (TPSA) is 70.5 Å². The van der Waals surface area contributed by atoms with Crippen molar-refractivity contribution in [3.05, 3.63) is 16.1 Å². The van der Waals surface area contributed by atoms with E-state index in [9.17, 15) is 9.59 Å². The average molecular weight is 268 g/mol. The van der Waals surface area contributed by atoms with Crippen LogP contribution >= 0.6 is 11.3 Å². The molecular formula is C12H16N2O3S. The lowest BCUT2D eigenvalue weighted by Gasteiger charge is -2.15. The van der Waals surface area contributed by atoms with E-state index >= 15 is 0 Å². The zero-order valence-corrected chi connectivity index (χ0v) is 11.1. The van der Waals surface area contributed by atoms with Crippen molar-refractivity contribution in [1.82, 2.24) is 9.88 Å². The Morgan fingerprint density at radius 1 is 1.67 bits per heavy atom. The van der Waals surface area contributed by atoms with Crippen LogP contribution in [0, 0.1) is 12.8 Å². The highest BCUT2D eigenvalue weighted by Gasteiger charge is 2.33. The number of carboxylic acid groups (broad SMARTS) is 1. The van der Waals surface area contributed by atoms with Crippen molar-refractivity contribution in [2.45, 2.75) is 26.2 Å². The van der Waals surface area contributed by atoms with Gasteiger partial charge in [-0.2, -0.15) is 0 Å². The Bertz CT molecular complexity index is 458. The molecule has 2 rings (SSSR count). The number of aliphatic carboxylic acids is 1. The molecule has 1 fully saturated rings. The van der Waals surface area contributed by atoms with Crippen LogP contribution in [0.3, 0.4) is 0 Å². The predicted octanol–water partition coefficient (Wildman–Crippen LogP) is 1.32. The first kappa shape index (κ1) is 13.0. The number of thiazole rings is 1. The second-order valence-corrected chi connectivity index (χ2v) is 5.51. The molecule has 0 bridgehead atoms. The summed E-state index contributed by atoms with van der Waals surface area (Å²) in [5.41, 5.74) is 1.03. The summed E-state index contributed by atoms with van der Waals surface area (Å²) in [6, 6.07) is 0. The average Bonchev–Trinajstić information content (AvgIpc) is 2.87. The van der Waals surface area contributed by atoms with Crippen molar-refractivity contribution in [3.63, 3.8) is 0 Å². The second kappa shape index (κ2) is 5.48. The van der Waals surface area contributed by atoms with Gasteiger partial charge in [0.25, 0.3) is 0 Å². The number of carboxylic acids is 1. The smallest absolute Gasteiger partial charge is 0.308 e. The Hall–Kier alpha value is -1.43. The zero-order chi connectivity index (χ0) is 13.1. The van der Waals surface area contributed by atoms with Crippen molar-refractivity contribution in [2.75, 3.05) is 13.1 Å². The van der Waals surface area contributed by atoms with Gasteiger partial charge in [0.05, 0.1) is 10.9 Å². The monoisotopic (exact) mass is 268 g/mol. The summed E-state index contributed by atoms with van der Waals surface area (Å²) in [5.74, 6) is -1.45. The minimum Gasteiger partial charge on any atom is -0.481 e. The molecule has 1 aliphatic rings. The summed E-state index contributed by atoms with van der Waals surface area (Å²) in [5, 5.41) is 12.0. The third kappa shape index (κ3) is 3.07. The van der Waals surface area contributed by atoms with Gasteiger partial charge in [-0.3, -0.25) is 9.59 Å². The predicted molar refractivity (Wildman–Crippen MR) is 67.5 cm³/mol. The molecule has 18 heavy (non-hydrogen) atoms. The lowest BCUT2D eigenvalue weighted by molar-refractivity contribution is -0.141. The molecule has 1 amide bonds. The van der Waals surface area contributed by atoms with Gasteiger partial charge in [-0.1, -0.05) is 0 Å². The molecule has 2 heterocycles. The molecule has 1 N–H and O–H groups in total. The lowest BCUT2D eigenvalue weighted by Crippen LogP contribution is -2.27. The van der Waals surface area contributed by atoms with Crippen LogP contribution in [0.1, 0.15) is 23.5 Å². The molecule has 0 aliphatic carbocycles. The number of aryl methyl sites for hydroxylation is 2. The van der Waals surface area contributed by atoms with Crippen LogP contribution in [0.5, 0.6) is 0 Å². The molecule has 1 aromatic heterocycles. The first-order valence-electron chi connectivity index (χ1n) is 5.98. The molecule has 1 aliphatic heterocycles. The molecule has 1 aromatic rings. The Balaban J connectivity index is 1.77. The molecular weight excluding hydrogens is 252 g/mol. The zero-order valence-electron chi connectivity index (χ0n) is 10.3. The molecule has 6 heteroatoms. The first-order valence-corrected chi connectivity index (χ1v) is 6.86. The fraction of sp³-hybridized carbons (Fsp3) is 0.583. The molecule has 1 saturated heterocycles. The van der Waals surface area contributed by atoms with E-state index in [1.165, 1.54) is 0 Å². The molecule has 1 unspecified atom stereocenters. The van der Waals surface area contributed by atoms with Gasteiger partial charge in [0.2, 0.25) is 5.91 Å². The maximum atomic E-state index is 11.6. The normalized spacial score (nSPS) is 19.5. The number of nitrogens with zero attached hydrogens (tertiary/aromatic N) is 2. The van der Waals surface area contributed by atoms with E-state index in [0.717, 1.165) is 23.5 Å². The summed E-state index contributed by atoms with van der Waals surface area (Å²) >= 11 is 1.63. The van der Waals surface area contributed by atoms with E-state index in [1.54, 1.807) is 16.2 Å². The van der Waals surface area contributed by atoms with E-state index in [2.05, 4.69) is 4.98 Å². The second-order valence-electron chi connectivity index (χ2n) is 4.57. The molecule has 98 valence electrons.